The molecule has 2 rings (SSSR count). The number of amides is 2. The first kappa shape index (κ1) is 19.1. The molecule has 0 bridgehead atoms. The van der Waals surface area contributed by atoms with Gasteiger partial charge >= 0.3 is 0 Å². The fourth-order valence-corrected chi connectivity index (χ4v) is 2.44. The summed E-state index contributed by atoms with van der Waals surface area (Å²) in [5.74, 6) is -2.81. The second-order valence-electron chi connectivity index (χ2n) is 5.15. The van der Waals surface area contributed by atoms with Crippen molar-refractivity contribution < 1.29 is 18.4 Å². The Kier molecular flexibility index (Phi) is 6.33. The van der Waals surface area contributed by atoms with Gasteiger partial charge in [-0.15, -0.1) is 0 Å². The summed E-state index contributed by atoms with van der Waals surface area (Å²) in [4.78, 5) is 25.0. The van der Waals surface area contributed by atoms with Crippen LogP contribution in [0.5, 0.6) is 0 Å². The Labute approximate surface area is 153 Å². The lowest BCUT2D eigenvalue weighted by atomic mass is 10.2. The molecule has 4 nitrogen and oxygen atoms in total. The highest BCUT2D eigenvalue weighted by Crippen LogP contribution is 2.22. The first-order valence-electron chi connectivity index (χ1n) is 7.26. The van der Waals surface area contributed by atoms with Crippen LogP contribution >= 0.6 is 23.2 Å². The molecule has 0 aliphatic carbocycles. The molecule has 1 N–H and O–H groups in total. The number of nitrogens with zero attached hydrogens (tertiary/aromatic N) is 1. The number of carbonyl (C=O) groups is 2. The quantitative estimate of drug-likeness (QED) is 0.842. The zero-order chi connectivity index (χ0) is 18.6. The fourth-order valence-electron chi connectivity index (χ4n) is 2.14. The number of halogens is 4. The van der Waals surface area contributed by atoms with Crippen molar-refractivity contribution in [1.82, 2.24) is 5.32 Å². The standard InChI is InChI=1S/C17H14Cl2F2N2O2/c1-10(24)23(12-3-5-15(20)16(21)9-12)7-6-22-17(25)11-2-4-13(18)14(19)8-11/h2-5,8-9H,6-7H2,1H3,(H,22,25). The van der Waals surface area contributed by atoms with Crippen molar-refractivity contribution in [2.45, 2.75) is 6.92 Å². The van der Waals surface area contributed by atoms with Crippen molar-refractivity contribution in [1.29, 1.82) is 0 Å². The van der Waals surface area contributed by atoms with E-state index in [-0.39, 0.29) is 29.7 Å². The summed E-state index contributed by atoms with van der Waals surface area (Å²) in [5, 5.41) is 3.21. The Hall–Kier alpha value is -2.18. The summed E-state index contributed by atoms with van der Waals surface area (Å²) in [7, 11) is 0. The van der Waals surface area contributed by atoms with Crippen LogP contribution in [0.1, 0.15) is 17.3 Å². The molecule has 0 radical (unpaired) electrons. The van der Waals surface area contributed by atoms with Crippen LogP contribution in [-0.4, -0.2) is 24.9 Å². The van der Waals surface area contributed by atoms with Crippen molar-refractivity contribution >= 4 is 40.7 Å². The maximum Gasteiger partial charge on any atom is 0.251 e. The molecule has 8 heteroatoms. The van der Waals surface area contributed by atoms with E-state index in [9.17, 15) is 18.4 Å². The van der Waals surface area contributed by atoms with Crippen molar-refractivity contribution in [2.24, 2.45) is 0 Å². The summed E-state index contributed by atoms with van der Waals surface area (Å²) in [5.41, 5.74) is 0.520. The van der Waals surface area contributed by atoms with Crippen LogP contribution in [0.15, 0.2) is 36.4 Å². The van der Waals surface area contributed by atoms with E-state index in [1.54, 1.807) is 0 Å². The lowest BCUT2D eigenvalue weighted by molar-refractivity contribution is -0.116. The van der Waals surface area contributed by atoms with Gasteiger partial charge in [0.25, 0.3) is 5.91 Å². The Morgan fingerprint density at radius 2 is 1.76 bits per heavy atom. The minimum atomic E-state index is -1.05. The summed E-state index contributed by atoms with van der Waals surface area (Å²) < 4.78 is 26.4. The van der Waals surface area contributed by atoms with E-state index in [0.29, 0.717) is 10.6 Å². The molecule has 0 saturated heterocycles. The number of anilines is 1. The van der Waals surface area contributed by atoms with Gasteiger partial charge in [-0.3, -0.25) is 9.59 Å². The third-order valence-corrected chi connectivity index (χ3v) is 4.14. The van der Waals surface area contributed by atoms with Gasteiger partial charge < -0.3 is 10.2 Å². The van der Waals surface area contributed by atoms with Crippen molar-refractivity contribution in [3.05, 3.63) is 63.6 Å². The third kappa shape index (κ3) is 4.90. The summed E-state index contributed by atoms with van der Waals surface area (Å²) >= 11 is 11.7. The van der Waals surface area contributed by atoms with Crippen LogP contribution in [0.2, 0.25) is 10.0 Å². The highest BCUT2D eigenvalue weighted by atomic mass is 35.5. The smallest absolute Gasteiger partial charge is 0.251 e. The van der Waals surface area contributed by atoms with Crippen LogP contribution in [0.3, 0.4) is 0 Å². The zero-order valence-corrected chi connectivity index (χ0v) is 14.7. The SMILES string of the molecule is CC(=O)N(CCNC(=O)c1ccc(Cl)c(Cl)c1)c1ccc(F)c(F)c1. The summed E-state index contributed by atoms with van der Waals surface area (Å²) in [6.45, 7) is 1.49. The fraction of sp³-hybridized carbons (Fsp3) is 0.176. The number of carbonyl (C=O) groups excluding carboxylic acids is 2. The average molecular weight is 387 g/mol. The van der Waals surface area contributed by atoms with Gasteiger partial charge in [0.05, 0.1) is 10.0 Å². The average Bonchev–Trinajstić information content (AvgIpc) is 2.56. The van der Waals surface area contributed by atoms with Gasteiger partial charge in [-0.2, -0.15) is 0 Å². The molecular formula is C17H14Cl2F2N2O2. The van der Waals surface area contributed by atoms with Crippen LogP contribution in [0.4, 0.5) is 14.5 Å². The lowest BCUT2D eigenvalue weighted by Crippen LogP contribution is -2.37. The number of benzene rings is 2. The molecule has 0 saturated carbocycles. The predicted octanol–water partition coefficient (Wildman–Crippen LogP) is 4.05. The molecule has 25 heavy (non-hydrogen) atoms. The van der Waals surface area contributed by atoms with E-state index in [0.717, 1.165) is 12.1 Å². The van der Waals surface area contributed by atoms with E-state index in [1.807, 2.05) is 0 Å². The highest BCUT2D eigenvalue weighted by Gasteiger charge is 2.15. The Morgan fingerprint density at radius 3 is 2.36 bits per heavy atom. The molecule has 0 fully saturated rings. The molecule has 2 amide bonds. The molecule has 0 heterocycles. The van der Waals surface area contributed by atoms with Crippen LogP contribution in [-0.2, 0) is 4.79 Å². The number of nitrogens with one attached hydrogen (secondary N) is 1. The van der Waals surface area contributed by atoms with E-state index in [2.05, 4.69) is 5.32 Å². The van der Waals surface area contributed by atoms with Crippen molar-refractivity contribution in [2.75, 3.05) is 18.0 Å². The van der Waals surface area contributed by atoms with Gasteiger partial charge in [0, 0.05) is 37.3 Å². The summed E-state index contributed by atoms with van der Waals surface area (Å²) in [6.07, 6.45) is 0. The zero-order valence-electron chi connectivity index (χ0n) is 13.2. The van der Waals surface area contributed by atoms with Gasteiger partial charge in [-0.05, 0) is 30.3 Å². The molecule has 0 aliphatic heterocycles. The molecule has 0 aliphatic rings. The van der Waals surface area contributed by atoms with E-state index >= 15 is 0 Å². The minimum Gasteiger partial charge on any atom is -0.350 e. The Balaban J connectivity index is 2.01. The molecular weight excluding hydrogens is 373 g/mol. The third-order valence-electron chi connectivity index (χ3n) is 3.40. The largest absolute Gasteiger partial charge is 0.350 e. The van der Waals surface area contributed by atoms with E-state index < -0.39 is 17.5 Å². The molecule has 2 aromatic carbocycles. The van der Waals surface area contributed by atoms with Gasteiger partial charge in [0.2, 0.25) is 5.91 Å². The van der Waals surface area contributed by atoms with Gasteiger partial charge in [0.15, 0.2) is 11.6 Å². The van der Waals surface area contributed by atoms with Crippen molar-refractivity contribution in [3.63, 3.8) is 0 Å². The number of hydrogen-bond donors (Lipinski definition) is 1. The molecule has 0 atom stereocenters. The second-order valence-corrected chi connectivity index (χ2v) is 5.97. The molecule has 0 unspecified atom stereocenters. The number of rotatable bonds is 5. The Morgan fingerprint density at radius 1 is 1.04 bits per heavy atom. The predicted molar refractivity (Wildman–Crippen MR) is 93.2 cm³/mol. The number of hydrogen-bond acceptors (Lipinski definition) is 2. The van der Waals surface area contributed by atoms with Crippen molar-refractivity contribution in [3.8, 4) is 0 Å². The van der Waals surface area contributed by atoms with E-state index in [4.69, 9.17) is 23.2 Å². The van der Waals surface area contributed by atoms with Gasteiger partial charge in [-0.1, -0.05) is 23.2 Å². The highest BCUT2D eigenvalue weighted by molar-refractivity contribution is 6.42. The summed E-state index contributed by atoms with van der Waals surface area (Å²) in [6, 6.07) is 7.61. The molecule has 2 aromatic rings. The maximum atomic E-state index is 13.3. The van der Waals surface area contributed by atoms with Crippen LogP contribution < -0.4 is 10.2 Å². The first-order chi connectivity index (χ1) is 11.8. The first-order valence-corrected chi connectivity index (χ1v) is 8.01. The second kappa shape index (κ2) is 8.27. The lowest BCUT2D eigenvalue weighted by Gasteiger charge is -2.21. The topological polar surface area (TPSA) is 49.4 Å². The van der Waals surface area contributed by atoms with Gasteiger partial charge in [-0.25, -0.2) is 8.78 Å². The van der Waals surface area contributed by atoms with Gasteiger partial charge in [0.1, 0.15) is 0 Å². The molecule has 0 aromatic heterocycles. The maximum absolute atomic E-state index is 13.3. The van der Waals surface area contributed by atoms with Crippen LogP contribution in [0, 0.1) is 11.6 Å². The molecule has 132 valence electrons. The molecule has 0 spiro atoms. The minimum absolute atomic E-state index is 0.0907. The monoisotopic (exact) mass is 386 g/mol. The van der Waals surface area contributed by atoms with Crippen LogP contribution in [0.25, 0.3) is 0 Å². The normalized spacial score (nSPS) is 10.4. The Bertz CT molecular complexity index is 815. The van der Waals surface area contributed by atoms with E-state index in [1.165, 1.54) is 36.1 Å².